The van der Waals surface area contributed by atoms with Crippen LogP contribution in [-0.2, 0) is 0 Å². The Morgan fingerprint density at radius 2 is 0.313 bits per heavy atom. The van der Waals surface area contributed by atoms with Gasteiger partial charge < -0.3 is 20.1 Å². The molecule has 4 N–H and O–H groups in total. The zero-order valence-corrected chi connectivity index (χ0v) is 75.9. The van der Waals surface area contributed by atoms with Crippen LogP contribution in [0.2, 0.25) is 0 Å². The first-order valence-corrected chi connectivity index (χ1v) is 46.2. The molecule has 0 fully saturated rings. The molecular weight excluding hydrogens is 1790 g/mol. The highest BCUT2D eigenvalue weighted by molar-refractivity contribution is 9.11. The second-order valence-corrected chi connectivity index (χ2v) is 35.9. The third kappa shape index (κ3) is 18.9. The quantitative estimate of drug-likeness (QED) is 0.0812. The van der Waals surface area contributed by atoms with Crippen molar-refractivity contribution >= 4 is 191 Å². The Labute approximate surface area is 786 Å². The average molecular weight is 1870 g/mol. The second-order valence-electron chi connectivity index (χ2n) is 33.2. The predicted octanol–water partition coefficient (Wildman–Crippen LogP) is 32.1. The predicted molar refractivity (Wildman–Crippen MR) is 571 cm³/mol. The average Bonchev–Trinajstić information content (AvgIpc) is 0.758. The number of hydrogen-bond donors (Lipinski definition) is 4. The van der Waals surface area contributed by atoms with Crippen LogP contribution in [0.5, 0.6) is 0 Å². The molecule has 0 spiro atoms. The van der Waals surface area contributed by atoms with Gasteiger partial charge in [-0.25, -0.2) is 0 Å². The fourth-order valence-corrected chi connectivity index (χ4v) is 19.0. The molecule has 0 heterocycles. The maximum atomic E-state index is 9.22. The van der Waals surface area contributed by atoms with Crippen molar-refractivity contribution in [3.05, 3.63) is 493 Å². The fraction of sp³-hybridized carbons (Fsp3) is 0. The van der Waals surface area contributed by atoms with Gasteiger partial charge >= 0.3 is 14.2 Å². The van der Waals surface area contributed by atoms with Crippen LogP contribution < -0.4 is 10.9 Å². The maximum Gasteiger partial charge on any atom is 0.488 e. The summed E-state index contributed by atoms with van der Waals surface area (Å²) in [6.45, 7) is 0. The molecule has 0 amide bonds. The lowest BCUT2D eigenvalue weighted by atomic mass is 9.79. The third-order valence-corrected chi connectivity index (χ3v) is 26.2. The minimum Gasteiger partial charge on any atom is -0.423 e. The van der Waals surface area contributed by atoms with Crippen molar-refractivity contribution in [1.29, 1.82) is 0 Å². The molecule has 0 aliphatic rings. The maximum absolute atomic E-state index is 9.22. The van der Waals surface area contributed by atoms with E-state index >= 15 is 0 Å². The van der Waals surface area contributed by atoms with Crippen LogP contribution in [0.25, 0.3) is 208 Å². The summed E-state index contributed by atoms with van der Waals surface area (Å²) in [6.07, 6.45) is 0. The van der Waals surface area contributed by atoms with Crippen molar-refractivity contribution in [2.24, 2.45) is 0 Å². The van der Waals surface area contributed by atoms with Crippen LogP contribution in [0, 0.1) is 0 Å². The molecular formula is C122H83B2Br3O4. The van der Waals surface area contributed by atoms with Crippen LogP contribution in [0.15, 0.2) is 493 Å². The lowest BCUT2D eigenvalue weighted by Crippen LogP contribution is -2.29. The van der Waals surface area contributed by atoms with Crippen molar-refractivity contribution in [3.63, 3.8) is 0 Å². The molecule has 0 unspecified atom stereocenters. The fourth-order valence-electron chi connectivity index (χ4n) is 17.9. The van der Waals surface area contributed by atoms with Gasteiger partial charge in [-0.1, -0.05) is 424 Å². The van der Waals surface area contributed by atoms with Crippen molar-refractivity contribution in [2.45, 2.75) is 0 Å². The van der Waals surface area contributed by atoms with Crippen molar-refractivity contribution in [3.8, 4) is 89.0 Å². The first-order chi connectivity index (χ1) is 64.2. The highest BCUT2D eigenvalue weighted by atomic mass is 79.9. The van der Waals surface area contributed by atoms with Gasteiger partial charge in [-0.2, -0.15) is 0 Å². The summed E-state index contributed by atoms with van der Waals surface area (Å²) in [5.41, 5.74) is 20.3. The Hall–Kier alpha value is -14.5. The van der Waals surface area contributed by atoms with Crippen molar-refractivity contribution in [2.75, 3.05) is 0 Å². The van der Waals surface area contributed by atoms with E-state index in [2.05, 4.69) is 436 Å². The first kappa shape index (κ1) is 84.7. The lowest BCUT2D eigenvalue weighted by molar-refractivity contribution is 0.424. The lowest BCUT2D eigenvalue weighted by Gasteiger charge is -2.11. The van der Waals surface area contributed by atoms with E-state index in [-0.39, 0.29) is 0 Å². The summed E-state index contributed by atoms with van der Waals surface area (Å²) in [5.74, 6) is 0. The summed E-state index contributed by atoms with van der Waals surface area (Å²) in [4.78, 5) is 0. The summed E-state index contributed by atoms with van der Waals surface area (Å²) in [6, 6.07) is 169. The minimum absolute atomic E-state index is 0.505. The molecule has 9 heteroatoms. The minimum atomic E-state index is -1.43. The van der Waals surface area contributed by atoms with Gasteiger partial charge in [0.15, 0.2) is 0 Å². The van der Waals surface area contributed by atoms with Gasteiger partial charge in [0.05, 0.1) is 0 Å². The summed E-state index contributed by atoms with van der Waals surface area (Å²) >= 11 is 10.6. The summed E-state index contributed by atoms with van der Waals surface area (Å²) in [7, 11) is -2.85. The van der Waals surface area contributed by atoms with Gasteiger partial charge in [-0.05, 0) is 322 Å². The Kier molecular flexibility index (Phi) is 24.6. The number of rotatable bonds is 10. The molecule has 622 valence electrons. The van der Waals surface area contributed by atoms with E-state index in [1.165, 1.54) is 180 Å². The zero-order valence-electron chi connectivity index (χ0n) is 71.2. The number of fused-ring (bicyclic) bond motifs is 14. The van der Waals surface area contributed by atoms with Gasteiger partial charge in [0.1, 0.15) is 0 Å². The first-order valence-electron chi connectivity index (χ1n) is 43.8. The smallest absolute Gasteiger partial charge is 0.423 e. The normalized spacial score (nSPS) is 11.2. The highest BCUT2D eigenvalue weighted by Gasteiger charge is 2.16. The molecule has 4 nitrogen and oxygen atoms in total. The number of halogens is 3. The Morgan fingerprint density at radius 3 is 0.626 bits per heavy atom. The second kappa shape index (κ2) is 38.1. The molecule has 24 aromatic carbocycles. The largest absolute Gasteiger partial charge is 0.488 e. The molecule has 0 radical (unpaired) electrons. The molecule has 0 atom stereocenters. The molecule has 0 saturated heterocycles. The summed E-state index contributed by atoms with van der Waals surface area (Å²) in [5, 5.41) is 64.2. The topological polar surface area (TPSA) is 80.9 Å². The van der Waals surface area contributed by atoms with E-state index < -0.39 is 14.2 Å². The van der Waals surface area contributed by atoms with Crippen LogP contribution in [0.3, 0.4) is 0 Å². The van der Waals surface area contributed by atoms with Gasteiger partial charge in [0.25, 0.3) is 0 Å². The van der Waals surface area contributed by atoms with Gasteiger partial charge in [0.2, 0.25) is 0 Å². The van der Waals surface area contributed by atoms with Crippen molar-refractivity contribution < 1.29 is 20.1 Å². The van der Waals surface area contributed by atoms with Crippen LogP contribution in [-0.4, -0.2) is 34.3 Å². The third-order valence-electron chi connectivity index (χ3n) is 24.8. The molecule has 0 aliphatic carbocycles. The number of hydrogen-bond acceptors (Lipinski definition) is 4. The van der Waals surface area contributed by atoms with E-state index in [0.29, 0.717) is 10.9 Å². The van der Waals surface area contributed by atoms with Gasteiger partial charge in [-0.3, -0.25) is 0 Å². The van der Waals surface area contributed by atoms with E-state index in [1.54, 1.807) is 24.3 Å². The van der Waals surface area contributed by atoms with Crippen molar-refractivity contribution in [1.82, 2.24) is 0 Å². The molecule has 0 aliphatic heterocycles. The van der Waals surface area contributed by atoms with Gasteiger partial charge in [0, 0.05) is 13.4 Å². The van der Waals surface area contributed by atoms with E-state index in [1.807, 2.05) is 66.7 Å². The standard InChI is InChI=1S/C46H30.C30H19Br.2C16H13BO2.C14H8Br2/c1-2-7-31(8-3-1)36-15-16-39-28-40(18-17-38(39)27-36)42-22-24-46-44(30-42)20-19-43-29-41(21-23-45(43)46)35-12-6-11-34(26-35)37-14-13-32-9-4-5-10-33(32)25-37;31-28-13-15-30-27(19-28)11-10-26-18-25(12-14-29(26)30)23-7-3-6-22(17-23)24-9-8-20-4-1-2-5-21(20)16-24;18-17(19)16-7-3-6-14(11-16)15-9-8-12-4-1-2-5-13(12)10-15;18-17(19)16-9-8-14-10-13(6-7-15(14)11-16)12-4-2-1-3-5-12;15-11-3-5-13-9(7-11)1-2-10-8-12(16)4-6-14(10)13/h1-30H;1-19H;2*1-11,18-19H;1-8H. The zero-order chi connectivity index (χ0) is 88.8. The van der Waals surface area contributed by atoms with Gasteiger partial charge in [-0.15, -0.1) is 0 Å². The molecule has 131 heavy (non-hydrogen) atoms. The van der Waals surface area contributed by atoms with Crippen LogP contribution >= 0.6 is 47.8 Å². The highest BCUT2D eigenvalue weighted by Crippen LogP contribution is 2.40. The van der Waals surface area contributed by atoms with E-state index in [9.17, 15) is 20.1 Å². The molecule has 0 saturated carbocycles. The molecule has 24 rings (SSSR count). The molecule has 24 aromatic rings. The Balaban J connectivity index is 0.000000109. The number of benzene rings is 24. The molecule has 0 aromatic heterocycles. The van der Waals surface area contributed by atoms with E-state index in [4.69, 9.17) is 0 Å². The van der Waals surface area contributed by atoms with Crippen LogP contribution in [0.1, 0.15) is 0 Å². The molecule has 0 bridgehead atoms. The SMILES string of the molecule is Brc1ccc2c(ccc3cc(-c4cccc(-c5ccc6ccccc6c5)c4)ccc32)c1.Brc1ccc2c(ccc3cc(Br)ccc32)c1.OB(O)c1ccc2cc(-c3ccccc3)ccc2c1.OB(O)c1cccc(-c2ccc3ccccc3c2)c1.c1ccc(-c2ccc3cc(-c4ccc5c(ccc6cc(-c7cccc(-c8ccc9ccccc9c8)c7)ccc65)c4)ccc3c2)cc1. The Bertz CT molecular complexity index is 8370. The summed E-state index contributed by atoms with van der Waals surface area (Å²) < 4.78 is 3.36. The van der Waals surface area contributed by atoms with Crippen LogP contribution in [0.4, 0.5) is 0 Å². The van der Waals surface area contributed by atoms with E-state index in [0.717, 1.165) is 40.9 Å². The monoisotopic (exact) mass is 1870 g/mol. The Morgan fingerprint density at radius 1 is 0.122 bits per heavy atom.